The van der Waals surface area contributed by atoms with Crippen LogP contribution < -0.4 is 5.32 Å². The fourth-order valence-corrected chi connectivity index (χ4v) is 2.08. The lowest BCUT2D eigenvalue weighted by atomic mass is 9.94. The van der Waals surface area contributed by atoms with E-state index in [1.807, 2.05) is 0 Å². The molecule has 1 aromatic carbocycles. The third-order valence-electron chi connectivity index (χ3n) is 2.55. The standard InChI is InChI=1S/C10H12ClNO2.ClH/c11-5-8-7-4-10(14)9(13)3-6(7)1-2-12-8;/h3-4,8,12-14H,1-2,5H2;1H. The summed E-state index contributed by atoms with van der Waals surface area (Å²) < 4.78 is 0. The van der Waals surface area contributed by atoms with Crippen LogP contribution >= 0.6 is 24.0 Å². The molecule has 0 fully saturated rings. The van der Waals surface area contributed by atoms with Crippen LogP contribution in [0.2, 0.25) is 0 Å². The van der Waals surface area contributed by atoms with Crippen molar-refractivity contribution >= 4 is 24.0 Å². The summed E-state index contributed by atoms with van der Waals surface area (Å²) in [6.45, 7) is 0.856. The summed E-state index contributed by atoms with van der Waals surface area (Å²) in [7, 11) is 0. The van der Waals surface area contributed by atoms with Gasteiger partial charge in [0.15, 0.2) is 11.5 Å². The lowest BCUT2D eigenvalue weighted by Gasteiger charge is -2.25. The van der Waals surface area contributed by atoms with Crippen molar-refractivity contribution < 1.29 is 10.2 Å². The van der Waals surface area contributed by atoms with E-state index in [1.165, 1.54) is 0 Å². The molecule has 1 aromatic rings. The second-order valence-electron chi connectivity index (χ2n) is 3.45. The predicted molar refractivity (Wildman–Crippen MR) is 62.2 cm³/mol. The van der Waals surface area contributed by atoms with E-state index in [0.717, 1.165) is 24.1 Å². The van der Waals surface area contributed by atoms with E-state index >= 15 is 0 Å². The van der Waals surface area contributed by atoms with E-state index < -0.39 is 0 Å². The van der Waals surface area contributed by atoms with Gasteiger partial charge in [-0.1, -0.05) is 0 Å². The Balaban J connectivity index is 0.00000112. The number of phenolic OH excluding ortho intramolecular Hbond substituents is 2. The number of benzene rings is 1. The second kappa shape index (κ2) is 4.92. The fourth-order valence-electron chi connectivity index (χ4n) is 1.81. The van der Waals surface area contributed by atoms with Crippen molar-refractivity contribution in [3.8, 4) is 11.5 Å². The number of hydrogen-bond donors (Lipinski definition) is 3. The Morgan fingerprint density at radius 3 is 2.67 bits per heavy atom. The van der Waals surface area contributed by atoms with Crippen molar-refractivity contribution in [2.45, 2.75) is 12.5 Å². The SMILES string of the molecule is Cl.Oc1cc2c(cc1O)C(CCl)NCC2. The molecule has 0 aromatic heterocycles. The summed E-state index contributed by atoms with van der Waals surface area (Å²) in [4.78, 5) is 0. The number of nitrogens with one attached hydrogen (secondary N) is 1. The zero-order valence-electron chi connectivity index (χ0n) is 8.03. The first-order valence-corrected chi connectivity index (χ1v) is 5.10. The molecule has 0 radical (unpaired) electrons. The summed E-state index contributed by atoms with van der Waals surface area (Å²) in [6, 6.07) is 3.28. The molecule has 3 N–H and O–H groups in total. The maximum absolute atomic E-state index is 9.37. The number of fused-ring (bicyclic) bond motifs is 1. The van der Waals surface area contributed by atoms with E-state index in [4.69, 9.17) is 11.6 Å². The molecule has 2 rings (SSSR count). The van der Waals surface area contributed by atoms with Crippen LogP contribution in [-0.2, 0) is 6.42 Å². The van der Waals surface area contributed by atoms with Crippen LogP contribution in [0.15, 0.2) is 12.1 Å². The third kappa shape index (κ3) is 2.30. The van der Waals surface area contributed by atoms with Gasteiger partial charge in [-0.05, 0) is 36.2 Å². The van der Waals surface area contributed by atoms with Crippen LogP contribution in [0.5, 0.6) is 11.5 Å². The maximum Gasteiger partial charge on any atom is 0.157 e. The second-order valence-corrected chi connectivity index (χ2v) is 3.76. The Labute approximate surface area is 99.5 Å². The average molecular weight is 250 g/mol. The summed E-state index contributed by atoms with van der Waals surface area (Å²) in [5, 5.41) is 21.9. The monoisotopic (exact) mass is 249 g/mol. The zero-order chi connectivity index (χ0) is 10.1. The summed E-state index contributed by atoms with van der Waals surface area (Å²) in [5.41, 5.74) is 2.05. The molecule has 1 atom stereocenters. The highest BCUT2D eigenvalue weighted by atomic mass is 35.5. The average Bonchev–Trinajstić information content (AvgIpc) is 2.19. The molecule has 0 amide bonds. The number of phenols is 2. The van der Waals surface area contributed by atoms with Gasteiger partial charge >= 0.3 is 0 Å². The van der Waals surface area contributed by atoms with Crippen LogP contribution in [0.4, 0.5) is 0 Å². The minimum atomic E-state index is -0.0810. The zero-order valence-corrected chi connectivity index (χ0v) is 9.61. The van der Waals surface area contributed by atoms with Crippen molar-refractivity contribution in [1.82, 2.24) is 5.32 Å². The Morgan fingerprint density at radius 1 is 1.33 bits per heavy atom. The van der Waals surface area contributed by atoms with Gasteiger partial charge in [0.2, 0.25) is 0 Å². The Kier molecular flexibility index (Phi) is 4.08. The van der Waals surface area contributed by atoms with Gasteiger partial charge in [0.1, 0.15) is 0 Å². The lowest BCUT2D eigenvalue weighted by Crippen LogP contribution is -2.30. The molecule has 1 aliphatic rings. The molecule has 15 heavy (non-hydrogen) atoms. The van der Waals surface area contributed by atoms with Gasteiger partial charge in [0, 0.05) is 11.9 Å². The molecule has 0 bridgehead atoms. The number of hydrogen-bond acceptors (Lipinski definition) is 3. The highest BCUT2D eigenvalue weighted by molar-refractivity contribution is 6.18. The van der Waals surface area contributed by atoms with Gasteiger partial charge in [-0.3, -0.25) is 0 Å². The van der Waals surface area contributed by atoms with Gasteiger partial charge in [0.25, 0.3) is 0 Å². The Morgan fingerprint density at radius 2 is 2.00 bits per heavy atom. The van der Waals surface area contributed by atoms with Gasteiger partial charge < -0.3 is 15.5 Å². The lowest BCUT2D eigenvalue weighted by molar-refractivity contribution is 0.399. The number of halogens is 2. The molecule has 0 saturated heterocycles. The Hall–Kier alpha value is -0.640. The summed E-state index contributed by atoms with van der Waals surface area (Å²) in [5.74, 6) is 0.332. The molecule has 1 unspecified atom stereocenters. The molecule has 0 aliphatic carbocycles. The van der Waals surface area contributed by atoms with Gasteiger partial charge in [-0.15, -0.1) is 24.0 Å². The Bertz CT molecular complexity index is 358. The maximum atomic E-state index is 9.37. The van der Waals surface area contributed by atoms with Crippen LogP contribution in [0.25, 0.3) is 0 Å². The number of alkyl halides is 1. The normalized spacial score (nSPS) is 19.1. The number of rotatable bonds is 1. The molecule has 1 aliphatic heterocycles. The van der Waals surface area contributed by atoms with E-state index in [0.29, 0.717) is 5.88 Å². The topological polar surface area (TPSA) is 52.5 Å². The first kappa shape index (κ1) is 12.4. The molecular formula is C10H13Cl2NO2. The smallest absolute Gasteiger partial charge is 0.157 e. The highest BCUT2D eigenvalue weighted by Gasteiger charge is 2.20. The van der Waals surface area contributed by atoms with Crippen LogP contribution in [-0.4, -0.2) is 22.6 Å². The summed E-state index contributed by atoms with van der Waals surface area (Å²) in [6.07, 6.45) is 0.858. The van der Waals surface area contributed by atoms with E-state index in [9.17, 15) is 10.2 Å². The quantitative estimate of drug-likeness (QED) is 0.527. The van der Waals surface area contributed by atoms with Crippen molar-refractivity contribution in [2.24, 2.45) is 0 Å². The number of aromatic hydroxyl groups is 2. The van der Waals surface area contributed by atoms with Gasteiger partial charge in [-0.2, -0.15) is 0 Å². The largest absolute Gasteiger partial charge is 0.504 e. The molecule has 84 valence electrons. The van der Waals surface area contributed by atoms with Gasteiger partial charge in [-0.25, -0.2) is 0 Å². The van der Waals surface area contributed by atoms with Gasteiger partial charge in [0.05, 0.1) is 0 Å². The minimum absolute atomic E-state index is 0. The van der Waals surface area contributed by atoms with Crippen molar-refractivity contribution in [2.75, 3.05) is 12.4 Å². The van der Waals surface area contributed by atoms with Crippen molar-refractivity contribution in [3.63, 3.8) is 0 Å². The molecule has 5 heteroatoms. The predicted octanol–water partition coefficient (Wildman–Crippen LogP) is 1.95. The fraction of sp³-hybridized carbons (Fsp3) is 0.400. The first-order valence-electron chi connectivity index (χ1n) is 4.56. The van der Waals surface area contributed by atoms with Crippen molar-refractivity contribution in [3.05, 3.63) is 23.3 Å². The third-order valence-corrected chi connectivity index (χ3v) is 2.86. The van der Waals surface area contributed by atoms with E-state index in [2.05, 4.69) is 5.32 Å². The van der Waals surface area contributed by atoms with Crippen LogP contribution in [0.1, 0.15) is 17.2 Å². The van der Waals surface area contributed by atoms with Crippen LogP contribution in [0, 0.1) is 0 Å². The van der Waals surface area contributed by atoms with E-state index in [-0.39, 0.29) is 29.9 Å². The summed E-state index contributed by atoms with van der Waals surface area (Å²) >= 11 is 5.79. The molecule has 3 nitrogen and oxygen atoms in total. The minimum Gasteiger partial charge on any atom is -0.504 e. The molecule has 0 spiro atoms. The van der Waals surface area contributed by atoms with E-state index in [1.54, 1.807) is 12.1 Å². The molecule has 0 saturated carbocycles. The first-order chi connectivity index (χ1) is 6.72. The van der Waals surface area contributed by atoms with Crippen molar-refractivity contribution in [1.29, 1.82) is 0 Å². The van der Waals surface area contributed by atoms with Crippen LogP contribution in [0.3, 0.4) is 0 Å². The highest BCUT2D eigenvalue weighted by Crippen LogP contribution is 2.33. The molecular weight excluding hydrogens is 237 g/mol. The molecule has 1 heterocycles.